The number of piperazine rings is 1. The Kier molecular flexibility index (Phi) is 17.7. The van der Waals surface area contributed by atoms with Crippen LogP contribution in [0.2, 0.25) is 5.02 Å². The quantitative estimate of drug-likeness (QED) is 0.0726. The number of benzene rings is 1. The smallest absolute Gasteiger partial charge is 0.240 e. The molecule has 4 fully saturated rings. The lowest BCUT2D eigenvalue weighted by molar-refractivity contribution is -0.135. The maximum absolute atomic E-state index is 14.0. The van der Waals surface area contributed by atoms with Crippen molar-refractivity contribution in [2.24, 2.45) is 5.73 Å². The number of carbonyl (C=O) groups is 3. The van der Waals surface area contributed by atoms with Crippen molar-refractivity contribution in [2.45, 2.75) is 134 Å². The van der Waals surface area contributed by atoms with Gasteiger partial charge in [-0.1, -0.05) is 30.2 Å². The molecule has 1 aromatic carbocycles. The number of nitrogens with two attached hydrogens (primary N) is 1. The highest BCUT2D eigenvalue weighted by Gasteiger charge is 2.40. The molecule has 10 rings (SSSR count). The monoisotopic (exact) mass is 1070 g/mol. The van der Waals surface area contributed by atoms with Crippen LogP contribution in [0, 0.1) is 6.92 Å². The molecule has 0 spiro atoms. The number of rotatable bonds is 20. The van der Waals surface area contributed by atoms with Gasteiger partial charge in [0.1, 0.15) is 34.4 Å². The minimum atomic E-state index is -1.01. The Morgan fingerprint density at radius 3 is 2.55 bits per heavy atom. The summed E-state index contributed by atoms with van der Waals surface area (Å²) in [5.74, 6) is 3.17. The van der Waals surface area contributed by atoms with Gasteiger partial charge in [0.25, 0.3) is 0 Å². The summed E-state index contributed by atoms with van der Waals surface area (Å²) in [6.45, 7) is 12.9. The second-order valence-electron chi connectivity index (χ2n) is 21.4. The average Bonchev–Trinajstić information content (AvgIpc) is 4.22. The molecule has 4 saturated heterocycles. The van der Waals surface area contributed by atoms with Crippen molar-refractivity contribution >= 4 is 57.5 Å². The lowest BCUT2D eigenvalue weighted by Gasteiger charge is -2.40. The summed E-state index contributed by atoms with van der Waals surface area (Å²) < 4.78 is 8.55. The van der Waals surface area contributed by atoms with Crippen LogP contribution in [0.1, 0.15) is 122 Å². The summed E-state index contributed by atoms with van der Waals surface area (Å²) in [7, 11) is 0. The second-order valence-corrected chi connectivity index (χ2v) is 23.1. The van der Waals surface area contributed by atoms with Gasteiger partial charge in [0, 0.05) is 101 Å². The first-order valence-electron chi connectivity index (χ1n) is 27.7. The molecule has 0 aliphatic carbocycles. The molecule has 21 heteroatoms. The van der Waals surface area contributed by atoms with Crippen LogP contribution in [0.25, 0.3) is 11.0 Å². The third-order valence-electron chi connectivity index (χ3n) is 16.3. The number of aromatic nitrogens is 7. The van der Waals surface area contributed by atoms with Crippen LogP contribution in [0.15, 0.2) is 42.9 Å². The number of aromatic amines is 1. The zero-order valence-corrected chi connectivity index (χ0v) is 45.3. The van der Waals surface area contributed by atoms with Crippen LogP contribution < -0.4 is 21.3 Å². The molecular formula is C54H76ClN15O4S. The number of amides is 3. The van der Waals surface area contributed by atoms with E-state index in [-0.39, 0.29) is 29.9 Å². The Balaban J connectivity index is 0.588. The number of likely N-dealkylation sites (tertiary alicyclic amines) is 2. The summed E-state index contributed by atoms with van der Waals surface area (Å²) in [4.78, 5) is 69.8. The first-order valence-corrected chi connectivity index (χ1v) is 28.8. The number of nitrogens with zero attached hydrogens (tertiary/aromatic N) is 11. The standard InChI is InChI=1S/C54H76ClN15O4S/c1-38-43(61-48(75-38)35-69-23-6-8-45(69)52-64-63-46-9-3-2-4-24-70(46)52)7-5-21-57-47(71)18-34-74-41-15-25-66(26-16-41)36-49(72)67-32-30-65(31-33-67)27-17-44(39-10-12-40(55)13-11-39)62-53(73)54(56)19-28-68(29-20-54)51-42-14-22-58-50(42)59-37-60-51/h10-14,22,37,41,44-45H,2-9,15-21,23-36,56H2,1H3,(H,57,71)(H,62,73)(H,58,59,60)/t44-,45?/m0/s1. The maximum Gasteiger partial charge on any atom is 0.240 e. The fourth-order valence-electron chi connectivity index (χ4n) is 11.7. The molecule has 19 nitrogen and oxygen atoms in total. The molecule has 3 amide bonds. The molecule has 0 radical (unpaired) electrons. The highest BCUT2D eigenvalue weighted by Crippen LogP contribution is 2.35. The van der Waals surface area contributed by atoms with Crippen molar-refractivity contribution in [3.8, 4) is 0 Å². The molecule has 5 N–H and O–H groups in total. The van der Waals surface area contributed by atoms with E-state index in [9.17, 15) is 14.4 Å². The largest absolute Gasteiger partial charge is 0.378 e. The van der Waals surface area contributed by atoms with Gasteiger partial charge in [-0.05, 0) is 108 Å². The number of carbonyl (C=O) groups excluding carboxylic acids is 3. The fraction of sp³-hybridized carbons (Fsp3) is 0.630. The van der Waals surface area contributed by atoms with Crippen molar-refractivity contribution < 1.29 is 19.1 Å². The van der Waals surface area contributed by atoms with Gasteiger partial charge in [0.2, 0.25) is 17.7 Å². The zero-order chi connectivity index (χ0) is 51.7. The molecular weight excluding hydrogens is 990 g/mol. The molecule has 75 heavy (non-hydrogen) atoms. The van der Waals surface area contributed by atoms with Crippen LogP contribution >= 0.6 is 22.9 Å². The van der Waals surface area contributed by atoms with Gasteiger partial charge < -0.3 is 40.5 Å². The minimum absolute atomic E-state index is 0.0134. The number of hydrogen-bond donors (Lipinski definition) is 4. The van der Waals surface area contributed by atoms with Crippen LogP contribution in [0.5, 0.6) is 0 Å². The molecule has 2 atom stereocenters. The number of ether oxygens (including phenoxy) is 1. The first-order chi connectivity index (χ1) is 36.5. The third kappa shape index (κ3) is 13.4. The van der Waals surface area contributed by atoms with Crippen molar-refractivity contribution in [3.05, 3.63) is 80.7 Å². The molecule has 5 aliphatic heterocycles. The third-order valence-corrected chi connectivity index (χ3v) is 17.6. The SMILES string of the molecule is Cc1sc(CN2CCCC2c2nnc3n2CCCCC3)nc1CCCNC(=O)CCOC1CCN(CC(=O)N2CCN(CC[C@H](NC(=O)C3(N)CCN(c4ncnc5[nH]ccc45)CC3)c3ccc(Cl)cc3)CC2)CC1. The highest BCUT2D eigenvalue weighted by atomic mass is 35.5. The van der Waals surface area contributed by atoms with Gasteiger partial charge in [-0.25, -0.2) is 15.0 Å². The Labute approximate surface area is 449 Å². The van der Waals surface area contributed by atoms with E-state index >= 15 is 0 Å². The van der Waals surface area contributed by atoms with E-state index in [1.807, 2.05) is 41.4 Å². The van der Waals surface area contributed by atoms with E-state index in [4.69, 9.17) is 27.1 Å². The summed E-state index contributed by atoms with van der Waals surface area (Å²) in [6.07, 6.45) is 15.9. The number of hydrogen-bond acceptors (Lipinski definition) is 15. The fourth-order valence-corrected chi connectivity index (χ4v) is 12.9. The molecule has 404 valence electrons. The molecule has 4 aromatic heterocycles. The van der Waals surface area contributed by atoms with Gasteiger partial charge in [-0.15, -0.1) is 21.5 Å². The van der Waals surface area contributed by atoms with Gasteiger partial charge in [0.15, 0.2) is 0 Å². The lowest BCUT2D eigenvalue weighted by Crippen LogP contribution is -2.60. The van der Waals surface area contributed by atoms with E-state index in [0.717, 1.165) is 136 Å². The molecule has 1 unspecified atom stereocenters. The van der Waals surface area contributed by atoms with E-state index in [1.54, 1.807) is 17.7 Å². The van der Waals surface area contributed by atoms with E-state index < -0.39 is 5.54 Å². The van der Waals surface area contributed by atoms with Gasteiger partial charge >= 0.3 is 0 Å². The molecule has 5 aromatic rings. The van der Waals surface area contributed by atoms with Crippen molar-refractivity contribution in [1.82, 2.24) is 64.9 Å². The van der Waals surface area contributed by atoms with Crippen LogP contribution in [0.3, 0.4) is 0 Å². The number of anilines is 1. The van der Waals surface area contributed by atoms with E-state index in [2.05, 4.69) is 66.9 Å². The minimum Gasteiger partial charge on any atom is -0.378 e. The second kappa shape index (κ2) is 24.9. The van der Waals surface area contributed by atoms with Gasteiger partial charge in [0.05, 0.1) is 54.5 Å². The number of fused-ring (bicyclic) bond motifs is 2. The van der Waals surface area contributed by atoms with Crippen LogP contribution in [-0.4, -0.2) is 169 Å². The van der Waals surface area contributed by atoms with Crippen LogP contribution in [0.4, 0.5) is 5.82 Å². The lowest BCUT2D eigenvalue weighted by atomic mass is 9.87. The number of thiazole rings is 1. The summed E-state index contributed by atoms with van der Waals surface area (Å²) in [5, 5.41) is 18.4. The van der Waals surface area contributed by atoms with Crippen molar-refractivity contribution in [3.63, 3.8) is 0 Å². The maximum atomic E-state index is 14.0. The number of aryl methyl sites for hydroxylation is 3. The highest BCUT2D eigenvalue weighted by molar-refractivity contribution is 7.11. The Morgan fingerprint density at radius 1 is 0.920 bits per heavy atom. The number of halogens is 1. The molecule has 5 aliphatic rings. The normalized spacial score (nSPS) is 20.5. The van der Waals surface area contributed by atoms with Crippen molar-refractivity contribution in [1.29, 1.82) is 0 Å². The van der Waals surface area contributed by atoms with E-state index in [0.29, 0.717) is 82.6 Å². The van der Waals surface area contributed by atoms with Crippen molar-refractivity contribution in [2.75, 3.05) is 90.0 Å². The summed E-state index contributed by atoms with van der Waals surface area (Å²) in [5.41, 5.74) is 8.77. The predicted molar refractivity (Wildman–Crippen MR) is 290 cm³/mol. The Hall–Kier alpha value is -5.09. The summed E-state index contributed by atoms with van der Waals surface area (Å²) in [6, 6.07) is 9.70. The predicted octanol–water partition coefficient (Wildman–Crippen LogP) is 5.34. The van der Waals surface area contributed by atoms with Gasteiger partial charge in [-0.3, -0.25) is 29.1 Å². The number of H-pyrrole nitrogens is 1. The molecule has 0 saturated carbocycles. The number of nitrogens with one attached hydrogen (secondary N) is 3. The Morgan fingerprint density at radius 2 is 1.73 bits per heavy atom. The van der Waals surface area contributed by atoms with E-state index in [1.165, 1.54) is 30.6 Å². The molecule has 9 heterocycles. The summed E-state index contributed by atoms with van der Waals surface area (Å²) >= 11 is 8.07. The molecule has 0 bridgehead atoms. The average molecular weight is 1070 g/mol. The topological polar surface area (TPSA) is 212 Å². The number of piperidine rings is 2. The van der Waals surface area contributed by atoms with Gasteiger partial charge in [-0.2, -0.15) is 0 Å². The Bertz CT molecular complexity index is 2690. The zero-order valence-electron chi connectivity index (χ0n) is 43.7. The van der Waals surface area contributed by atoms with Crippen LogP contribution in [-0.2, 0) is 45.1 Å². The first kappa shape index (κ1) is 53.3.